The zero-order valence-corrected chi connectivity index (χ0v) is 11.9. The minimum Gasteiger partial charge on any atom is -0.500 e. The molecule has 0 fully saturated rings. The summed E-state index contributed by atoms with van der Waals surface area (Å²) < 4.78 is 5.65. The van der Waals surface area contributed by atoms with Gasteiger partial charge >= 0.3 is 0 Å². The van der Waals surface area contributed by atoms with Crippen molar-refractivity contribution < 1.29 is 4.74 Å². The Hall–Kier alpha value is -0.763. The van der Waals surface area contributed by atoms with Gasteiger partial charge in [-0.15, -0.1) is 0 Å². The number of hydrogen-bond donors (Lipinski definition) is 0. The molecule has 0 bridgehead atoms. The predicted octanol–water partition coefficient (Wildman–Crippen LogP) is 4.45. The van der Waals surface area contributed by atoms with E-state index in [4.69, 9.17) is 4.74 Å². The molecule has 0 N–H and O–H groups in total. The first-order chi connectivity index (χ1) is 7.50. The molecule has 1 aliphatic rings. The van der Waals surface area contributed by atoms with E-state index in [2.05, 4.69) is 44.4 Å². The van der Waals surface area contributed by atoms with Crippen molar-refractivity contribution >= 4 is 8.07 Å². The van der Waals surface area contributed by atoms with E-state index in [9.17, 15) is 0 Å². The summed E-state index contributed by atoms with van der Waals surface area (Å²) in [5, 5.41) is 0.995. The minimum atomic E-state index is -1.32. The second-order valence-electron chi connectivity index (χ2n) is 5.41. The van der Waals surface area contributed by atoms with Gasteiger partial charge in [-0.25, -0.2) is 0 Å². The van der Waals surface area contributed by atoms with Crippen molar-refractivity contribution in [2.24, 2.45) is 0 Å². The molecular formula is C14H24OSi. The molecule has 0 atom stereocenters. The lowest BCUT2D eigenvalue weighted by Gasteiger charge is -2.19. The molecule has 0 saturated carbocycles. The number of allylic oxidation sites excluding steroid dienone is 3. The molecule has 0 spiro atoms. The largest absolute Gasteiger partial charge is 0.500 e. The van der Waals surface area contributed by atoms with E-state index < -0.39 is 8.07 Å². The molecule has 0 aliphatic heterocycles. The summed E-state index contributed by atoms with van der Waals surface area (Å²) in [5.41, 5.74) is 1.47. The quantitative estimate of drug-likeness (QED) is 0.506. The standard InChI is InChI=1S/C14H24OSi/c1-13(16(2,3)4)15-12-8-11-14-9-6-5-7-10-14/h8-9,11H,1,5-7,10,12H2,2-4H3/b11-8+. The summed E-state index contributed by atoms with van der Waals surface area (Å²) in [6.07, 6.45) is 11.8. The molecule has 0 aromatic rings. The Morgan fingerprint density at radius 3 is 2.75 bits per heavy atom. The second-order valence-corrected chi connectivity index (χ2v) is 10.5. The van der Waals surface area contributed by atoms with Gasteiger partial charge in [-0.2, -0.15) is 0 Å². The van der Waals surface area contributed by atoms with Crippen molar-refractivity contribution in [3.8, 4) is 0 Å². The van der Waals surface area contributed by atoms with E-state index in [1.807, 2.05) is 0 Å². The predicted molar refractivity (Wildman–Crippen MR) is 74.1 cm³/mol. The Morgan fingerprint density at radius 2 is 2.19 bits per heavy atom. The third kappa shape index (κ3) is 4.84. The normalized spacial score (nSPS) is 17.3. The lowest BCUT2D eigenvalue weighted by molar-refractivity contribution is 0.271. The van der Waals surface area contributed by atoms with Crippen molar-refractivity contribution in [1.29, 1.82) is 0 Å². The zero-order chi connectivity index (χ0) is 12.0. The lowest BCUT2D eigenvalue weighted by Crippen LogP contribution is -2.25. The summed E-state index contributed by atoms with van der Waals surface area (Å²) in [7, 11) is -1.32. The Bertz CT molecular complexity index is 294. The highest BCUT2D eigenvalue weighted by Gasteiger charge is 2.18. The van der Waals surface area contributed by atoms with Crippen LogP contribution in [0.25, 0.3) is 0 Å². The first-order valence-electron chi connectivity index (χ1n) is 6.18. The maximum absolute atomic E-state index is 5.65. The van der Waals surface area contributed by atoms with Crippen LogP contribution in [0.1, 0.15) is 25.7 Å². The van der Waals surface area contributed by atoms with Gasteiger partial charge in [0.1, 0.15) is 14.7 Å². The van der Waals surface area contributed by atoms with Crippen molar-refractivity contribution in [2.45, 2.75) is 45.3 Å². The molecule has 1 nitrogen and oxygen atoms in total. The molecule has 1 aliphatic carbocycles. The third-order valence-electron chi connectivity index (χ3n) is 2.85. The van der Waals surface area contributed by atoms with Crippen LogP contribution in [0.15, 0.2) is 35.8 Å². The Morgan fingerprint density at radius 1 is 1.44 bits per heavy atom. The Labute approximate surface area is 101 Å². The molecular weight excluding hydrogens is 212 g/mol. The molecule has 0 radical (unpaired) electrons. The molecule has 0 amide bonds. The molecule has 0 saturated heterocycles. The SMILES string of the molecule is C=C(OC/C=C/C1=CCCCC1)[Si](C)(C)C. The monoisotopic (exact) mass is 236 g/mol. The average molecular weight is 236 g/mol. The van der Waals surface area contributed by atoms with Crippen LogP contribution in [0, 0.1) is 0 Å². The second kappa shape index (κ2) is 6.09. The molecule has 2 heteroatoms. The average Bonchev–Trinajstić information content (AvgIpc) is 2.24. The zero-order valence-electron chi connectivity index (χ0n) is 10.9. The van der Waals surface area contributed by atoms with Crippen molar-refractivity contribution in [3.63, 3.8) is 0 Å². The maximum Gasteiger partial charge on any atom is 0.121 e. The molecule has 0 unspecified atom stereocenters. The van der Waals surface area contributed by atoms with E-state index in [0.29, 0.717) is 6.61 Å². The van der Waals surface area contributed by atoms with Crippen LogP contribution in [0.4, 0.5) is 0 Å². The van der Waals surface area contributed by atoms with Crippen molar-refractivity contribution in [1.82, 2.24) is 0 Å². The highest BCUT2D eigenvalue weighted by molar-refractivity contribution is 6.82. The van der Waals surface area contributed by atoms with Gasteiger partial charge in [-0.05, 0) is 31.8 Å². The fraction of sp³-hybridized carbons (Fsp3) is 0.571. The summed E-state index contributed by atoms with van der Waals surface area (Å²) in [4.78, 5) is 0. The van der Waals surface area contributed by atoms with E-state index >= 15 is 0 Å². The van der Waals surface area contributed by atoms with Gasteiger partial charge in [0, 0.05) is 0 Å². The van der Waals surface area contributed by atoms with E-state index in [1.165, 1.54) is 31.3 Å². The third-order valence-corrected chi connectivity index (χ3v) is 4.67. The highest BCUT2D eigenvalue weighted by Crippen LogP contribution is 2.18. The maximum atomic E-state index is 5.65. The summed E-state index contributed by atoms with van der Waals surface area (Å²) in [6, 6.07) is 0. The number of rotatable bonds is 5. The Kier molecular flexibility index (Phi) is 5.06. The molecule has 1 rings (SSSR count). The van der Waals surface area contributed by atoms with Crippen LogP contribution in [-0.2, 0) is 4.74 Å². The van der Waals surface area contributed by atoms with E-state index in [1.54, 1.807) is 0 Å². The van der Waals surface area contributed by atoms with Crippen molar-refractivity contribution in [2.75, 3.05) is 6.61 Å². The van der Waals surface area contributed by atoms with Gasteiger partial charge in [0.2, 0.25) is 0 Å². The molecule has 0 aromatic carbocycles. The molecule has 0 aromatic heterocycles. The van der Waals surface area contributed by atoms with Crippen molar-refractivity contribution in [3.05, 3.63) is 35.8 Å². The first-order valence-corrected chi connectivity index (χ1v) is 9.68. The summed E-state index contributed by atoms with van der Waals surface area (Å²) in [6.45, 7) is 11.4. The van der Waals surface area contributed by atoms with Crippen LogP contribution in [0.3, 0.4) is 0 Å². The molecule has 90 valence electrons. The van der Waals surface area contributed by atoms with Crippen LogP contribution in [0.5, 0.6) is 0 Å². The van der Waals surface area contributed by atoms with Gasteiger partial charge < -0.3 is 4.74 Å². The lowest BCUT2D eigenvalue weighted by atomic mass is 9.99. The fourth-order valence-corrected chi connectivity index (χ4v) is 2.10. The van der Waals surface area contributed by atoms with E-state index in [-0.39, 0.29) is 0 Å². The van der Waals surface area contributed by atoms with E-state index in [0.717, 1.165) is 5.38 Å². The topological polar surface area (TPSA) is 9.23 Å². The van der Waals surface area contributed by atoms with Gasteiger partial charge in [0.05, 0.1) is 5.38 Å². The first kappa shape index (κ1) is 13.3. The van der Waals surface area contributed by atoms with Gasteiger partial charge in [0.15, 0.2) is 0 Å². The molecule has 16 heavy (non-hydrogen) atoms. The van der Waals surface area contributed by atoms with Crippen LogP contribution >= 0.6 is 0 Å². The summed E-state index contributed by atoms with van der Waals surface area (Å²) in [5.74, 6) is 0. The van der Waals surface area contributed by atoms with Gasteiger partial charge in [0.25, 0.3) is 0 Å². The van der Waals surface area contributed by atoms with Crippen LogP contribution < -0.4 is 0 Å². The minimum absolute atomic E-state index is 0.667. The number of hydrogen-bond acceptors (Lipinski definition) is 1. The van der Waals surface area contributed by atoms with Gasteiger partial charge in [-0.3, -0.25) is 0 Å². The smallest absolute Gasteiger partial charge is 0.121 e. The molecule has 0 heterocycles. The summed E-state index contributed by atoms with van der Waals surface area (Å²) >= 11 is 0. The number of ether oxygens (including phenoxy) is 1. The van der Waals surface area contributed by atoms with Gasteiger partial charge in [-0.1, -0.05) is 43.9 Å². The highest BCUT2D eigenvalue weighted by atomic mass is 28.3. The van der Waals surface area contributed by atoms with Crippen LogP contribution in [0.2, 0.25) is 19.6 Å². The van der Waals surface area contributed by atoms with Crippen LogP contribution in [-0.4, -0.2) is 14.7 Å². The fourth-order valence-electron chi connectivity index (χ4n) is 1.58. The Balaban J connectivity index is 2.27.